The van der Waals surface area contributed by atoms with E-state index < -0.39 is 17.5 Å². The molecule has 1 amide bonds. The number of rotatable bonds is 7. The van der Waals surface area contributed by atoms with Crippen LogP contribution >= 0.6 is 0 Å². The van der Waals surface area contributed by atoms with Crippen LogP contribution in [0.2, 0.25) is 0 Å². The fraction of sp³-hybridized carbons (Fsp3) is 0.471. The Bertz CT molecular complexity index is 790. The molecule has 140 valence electrons. The van der Waals surface area contributed by atoms with E-state index in [0.29, 0.717) is 31.8 Å². The second kappa shape index (κ2) is 7.88. The lowest BCUT2D eigenvalue weighted by molar-refractivity contribution is 0.0901. The van der Waals surface area contributed by atoms with Gasteiger partial charge in [-0.3, -0.25) is 4.79 Å². The van der Waals surface area contributed by atoms with E-state index in [9.17, 15) is 18.7 Å². The van der Waals surface area contributed by atoms with Gasteiger partial charge >= 0.3 is 0 Å². The van der Waals surface area contributed by atoms with Crippen LogP contribution in [0.3, 0.4) is 0 Å². The number of methoxy groups -OCH3 is 1. The Balaban J connectivity index is 1.61. The molecule has 0 unspecified atom stereocenters. The van der Waals surface area contributed by atoms with Crippen LogP contribution in [-0.4, -0.2) is 45.5 Å². The highest BCUT2D eigenvalue weighted by atomic mass is 19.1. The summed E-state index contributed by atoms with van der Waals surface area (Å²) in [4.78, 5) is 12.1. The molecular formula is C17H20F2N4O3. The minimum absolute atomic E-state index is 0.0716. The van der Waals surface area contributed by atoms with Crippen LogP contribution in [0.1, 0.15) is 40.8 Å². The van der Waals surface area contributed by atoms with Crippen molar-refractivity contribution in [1.82, 2.24) is 20.1 Å². The first-order chi connectivity index (χ1) is 12.5. The number of hydrogen-bond donors (Lipinski definition) is 2. The Kier molecular flexibility index (Phi) is 5.58. The third kappa shape index (κ3) is 3.73. The van der Waals surface area contributed by atoms with Gasteiger partial charge in [-0.1, -0.05) is 0 Å². The third-order valence-corrected chi connectivity index (χ3v) is 4.53. The Labute approximate surface area is 149 Å². The molecule has 0 bridgehead atoms. The predicted octanol–water partition coefficient (Wildman–Crippen LogP) is 1.37. The molecule has 2 aromatic rings. The van der Waals surface area contributed by atoms with E-state index in [0.717, 1.165) is 24.0 Å². The molecular weight excluding hydrogens is 346 g/mol. The molecule has 0 atom stereocenters. The summed E-state index contributed by atoms with van der Waals surface area (Å²) in [6, 6.07) is 2.63. The third-order valence-electron chi connectivity index (χ3n) is 4.53. The van der Waals surface area contributed by atoms with Crippen LogP contribution in [0.4, 0.5) is 8.78 Å². The highest BCUT2D eigenvalue weighted by molar-refractivity contribution is 5.94. The first-order valence-electron chi connectivity index (χ1n) is 8.31. The number of aliphatic hydroxyl groups is 1. The van der Waals surface area contributed by atoms with Gasteiger partial charge in [-0.2, -0.15) is 0 Å². The van der Waals surface area contributed by atoms with Crippen molar-refractivity contribution in [3.63, 3.8) is 0 Å². The van der Waals surface area contributed by atoms with Gasteiger partial charge in [0, 0.05) is 25.6 Å². The van der Waals surface area contributed by atoms with Crippen molar-refractivity contribution in [2.24, 2.45) is 0 Å². The van der Waals surface area contributed by atoms with E-state index in [1.807, 2.05) is 4.57 Å². The number of halogens is 2. The molecule has 7 nitrogen and oxygen atoms in total. The van der Waals surface area contributed by atoms with Crippen LogP contribution in [0.25, 0.3) is 0 Å². The highest BCUT2D eigenvalue weighted by Crippen LogP contribution is 2.36. The number of amides is 1. The normalized spacial score (nSPS) is 19.2. The van der Waals surface area contributed by atoms with Crippen LogP contribution in [0.5, 0.6) is 0 Å². The molecule has 1 aromatic carbocycles. The van der Waals surface area contributed by atoms with Crippen LogP contribution in [0, 0.1) is 11.6 Å². The number of nitrogens with zero attached hydrogens (tertiary/aromatic N) is 3. The van der Waals surface area contributed by atoms with Gasteiger partial charge in [0.2, 0.25) is 0 Å². The summed E-state index contributed by atoms with van der Waals surface area (Å²) >= 11 is 0. The largest absolute Gasteiger partial charge is 0.388 e. The van der Waals surface area contributed by atoms with Gasteiger partial charge < -0.3 is 19.7 Å². The number of carbonyl (C=O) groups excluding carboxylic acids is 1. The van der Waals surface area contributed by atoms with Crippen molar-refractivity contribution in [1.29, 1.82) is 0 Å². The molecule has 26 heavy (non-hydrogen) atoms. The first-order valence-corrected chi connectivity index (χ1v) is 8.31. The van der Waals surface area contributed by atoms with Crippen molar-refractivity contribution >= 4 is 5.91 Å². The average Bonchev–Trinajstić information content (AvgIpc) is 3.00. The maximum Gasteiger partial charge on any atom is 0.254 e. The number of nitrogens with one attached hydrogen (secondary N) is 1. The van der Waals surface area contributed by atoms with Crippen molar-refractivity contribution in [2.45, 2.75) is 38.0 Å². The zero-order valence-corrected chi connectivity index (χ0v) is 14.3. The van der Waals surface area contributed by atoms with E-state index in [1.165, 1.54) is 0 Å². The average molecular weight is 366 g/mol. The molecule has 3 rings (SSSR count). The second-order valence-electron chi connectivity index (χ2n) is 6.24. The van der Waals surface area contributed by atoms with Gasteiger partial charge in [0.15, 0.2) is 5.82 Å². The minimum atomic E-state index is -0.758. The molecule has 1 fully saturated rings. The van der Waals surface area contributed by atoms with E-state index in [2.05, 4.69) is 15.5 Å². The Morgan fingerprint density at radius 2 is 2.15 bits per heavy atom. The summed E-state index contributed by atoms with van der Waals surface area (Å²) in [7, 11) is 1.59. The SMILES string of the molecule is COCCn1c(CO)nnc1C1CC(NC(=O)c2cc(F)ccc2F)C1. The summed E-state index contributed by atoms with van der Waals surface area (Å²) in [5, 5.41) is 20.2. The number of aliphatic hydroxyl groups excluding tert-OH is 1. The molecule has 1 aromatic heterocycles. The number of ether oxygens (including phenoxy) is 1. The number of carbonyl (C=O) groups is 1. The van der Waals surface area contributed by atoms with Gasteiger partial charge in [0.05, 0.1) is 12.2 Å². The standard InChI is InChI=1S/C17H20F2N4O3/c1-26-5-4-23-15(9-24)21-22-16(23)10-6-12(7-10)20-17(25)13-8-11(18)2-3-14(13)19/h2-3,8,10,12,24H,4-7,9H2,1H3,(H,20,25). The molecule has 1 aliphatic rings. The summed E-state index contributed by atoms with van der Waals surface area (Å²) < 4.78 is 33.8. The zero-order chi connectivity index (χ0) is 18.7. The smallest absolute Gasteiger partial charge is 0.254 e. The minimum Gasteiger partial charge on any atom is -0.388 e. The van der Waals surface area contributed by atoms with E-state index >= 15 is 0 Å². The monoisotopic (exact) mass is 366 g/mol. The molecule has 0 saturated heterocycles. The van der Waals surface area contributed by atoms with E-state index in [-0.39, 0.29) is 24.1 Å². The highest BCUT2D eigenvalue weighted by Gasteiger charge is 2.35. The summed E-state index contributed by atoms with van der Waals surface area (Å²) in [6.45, 7) is 0.767. The molecule has 9 heteroatoms. The zero-order valence-electron chi connectivity index (χ0n) is 14.3. The van der Waals surface area contributed by atoms with Gasteiger partial charge in [-0.25, -0.2) is 8.78 Å². The fourth-order valence-electron chi connectivity index (χ4n) is 3.08. The lowest BCUT2D eigenvalue weighted by Gasteiger charge is -2.35. The van der Waals surface area contributed by atoms with Crippen LogP contribution < -0.4 is 5.32 Å². The fourth-order valence-corrected chi connectivity index (χ4v) is 3.08. The van der Waals surface area contributed by atoms with Gasteiger partial charge in [-0.05, 0) is 31.0 Å². The van der Waals surface area contributed by atoms with Crippen molar-refractivity contribution < 1.29 is 23.4 Å². The van der Waals surface area contributed by atoms with Gasteiger partial charge in [-0.15, -0.1) is 10.2 Å². The maximum atomic E-state index is 13.7. The molecule has 0 radical (unpaired) electrons. The molecule has 0 aliphatic heterocycles. The molecule has 0 spiro atoms. The molecule has 2 N–H and O–H groups in total. The maximum absolute atomic E-state index is 13.7. The Hall–Kier alpha value is -2.39. The topological polar surface area (TPSA) is 89.3 Å². The molecule has 1 saturated carbocycles. The van der Waals surface area contributed by atoms with Crippen molar-refractivity contribution in [3.05, 3.63) is 47.0 Å². The number of aromatic nitrogens is 3. The summed E-state index contributed by atoms with van der Waals surface area (Å²) in [6.07, 6.45) is 1.22. The van der Waals surface area contributed by atoms with Crippen molar-refractivity contribution in [2.75, 3.05) is 13.7 Å². The van der Waals surface area contributed by atoms with Gasteiger partial charge in [0.25, 0.3) is 5.91 Å². The van der Waals surface area contributed by atoms with Crippen molar-refractivity contribution in [3.8, 4) is 0 Å². The number of hydrogen-bond acceptors (Lipinski definition) is 5. The predicted molar refractivity (Wildman–Crippen MR) is 87.4 cm³/mol. The Morgan fingerprint density at radius 1 is 1.38 bits per heavy atom. The second-order valence-corrected chi connectivity index (χ2v) is 6.24. The molecule has 1 aliphatic carbocycles. The lowest BCUT2D eigenvalue weighted by atomic mass is 9.79. The summed E-state index contributed by atoms with van der Waals surface area (Å²) in [5.41, 5.74) is -0.306. The summed E-state index contributed by atoms with van der Waals surface area (Å²) in [5.74, 6) is -0.790. The van der Waals surface area contributed by atoms with E-state index in [1.54, 1.807) is 7.11 Å². The van der Waals surface area contributed by atoms with E-state index in [4.69, 9.17) is 4.74 Å². The number of benzene rings is 1. The lowest BCUT2D eigenvalue weighted by Crippen LogP contribution is -2.44. The molecule has 1 heterocycles. The van der Waals surface area contributed by atoms with Crippen LogP contribution in [-0.2, 0) is 17.9 Å². The van der Waals surface area contributed by atoms with Gasteiger partial charge in [0.1, 0.15) is 24.1 Å². The first kappa shape index (κ1) is 18.4. The van der Waals surface area contributed by atoms with Crippen LogP contribution in [0.15, 0.2) is 18.2 Å². The Morgan fingerprint density at radius 3 is 2.85 bits per heavy atom. The quantitative estimate of drug-likeness (QED) is 0.773.